The summed E-state index contributed by atoms with van der Waals surface area (Å²) in [6.07, 6.45) is 2.65. The highest BCUT2D eigenvalue weighted by Crippen LogP contribution is 2.25. The second kappa shape index (κ2) is 6.73. The molecule has 0 aliphatic carbocycles. The van der Waals surface area contributed by atoms with Crippen LogP contribution in [0, 0.1) is 0 Å². The van der Waals surface area contributed by atoms with Crippen LogP contribution in [0.4, 0.5) is 8.78 Å². The van der Waals surface area contributed by atoms with Gasteiger partial charge < -0.3 is 0 Å². The van der Waals surface area contributed by atoms with Gasteiger partial charge in [0.1, 0.15) is 5.82 Å². The van der Waals surface area contributed by atoms with E-state index in [0.29, 0.717) is 24.1 Å². The van der Waals surface area contributed by atoms with Crippen molar-refractivity contribution in [1.29, 1.82) is 0 Å². The molecule has 1 aromatic carbocycles. The van der Waals surface area contributed by atoms with E-state index in [0.717, 1.165) is 28.1 Å². The van der Waals surface area contributed by atoms with Crippen LogP contribution in [0.3, 0.4) is 0 Å². The molecule has 0 saturated carbocycles. The zero-order valence-electron chi connectivity index (χ0n) is 13.4. The Hall–Kier alpha value is -1.58. The smallest absolute Gasteiger partial charge is 0.269 e. The van der Waals surface area contributed by atoms with Crippen molar-refractivity contribution in [3.05, 3.63) is 30.1 Å². The van der Waals surface area contributed by atoms with Crippen LogP contribution >= 0.6 is 0 Å². The van der Waals surface area contributed by atoms with E-state index in [2.05, 4.69) is 4.98 Å². The van der Waals surface area contributed by atoms with E-state index >= 15 is 0 Å². The molecule has 1 saturated heterocycles. The Labute approximate surface area is 139 Å². The van der Waals surface area contributed by atoms with Crippen molar-refractivity contribution in [2.45, 2.75) is 32.4 Å². The average molecular weight is 358 g/mol. The number of hydrogen-bond acceptors (Lipinski definition) is 3. The van der Waals surface area contributed by atoms with Crippen LogP contribution in [0.2, 0.25) is 0 Å². The maximum Gasteiger partial charge on any atom is 0.320 e. The molecule has 0 radical (unpaired) electrons. The summed E-state index contributed by atoms with van der Waals surface area (Å²) in [4.78, 5) is 4.19. The van der Waals surface area contributed by atoms with Crippen LogP contribution in [0.5, 0.6) is 0 Å². The van der Waals surface area contributed by atoms with Crippen molar-refractivity contribution in [2.24, 2.45) is 0 Å². The molecule has 1 aliphatic rings. The molecule has 2 heterocycles. The predicted octanol–water partition coefficient (Wildman–Crippen LogP) is 2.59. The minimum Gasteiger partial charge on any atom is -0.269 e. The maximum atomic E-state index is 13.4. The second-order valence-electron chi connectivity index (χ2n) is 5.89. The molecule has 9 heteroatoms. The third kappa shape index (κ3) is 3.15. The van der Waals surface area contributed by atoms with Gasteiger partial charge in [-0.25, -0.2) is 4.98 Å². The van der Waals surface area contributed by atoms with E-state index in [4.69, 9.17) is 0 Å². The molecule has 6 nitrogen and oxygen atoms in total. The molecule has 0 N–H and O–H groups in total. The molecule has 0 unspecified atom stereocenters. The van der Waals surface area contributed by atoms with E-state index in [1.807, 2.05) is 0 Å². The first kappa shape index (κ1) is 17.2. The number of aromatic nitrogens is 2. The number of nitrogens with zero attached hydrogens (tertiary/aromatic N) is 4. The zero-order valence-corrected chi connectivity index (χ0v) is 14.2. The van der Waals surface area contributed by atoms with Gasteiger partial charge in [-0.15, -0.1) is 0 Å². The number of benzene rings is 1. The average Bonchev–Trinajstić information content (AvgIpc) is 2.93. The van der Waals surface area contributed by atoms with Crippen molar-refractivity contribution >= 4 is 21.2 Å². The lowest BCUT2D eigenvalue weighted by Gasteiger charge is -2.30. The van der Waals surface area contributed by atoms with Crippen molar-refractivity contribution in [1.82, 2.24) is 18.2 Å². The molecule has 0 bridgehead atoms. The van der Waals surface area contributed by atoms with Crippen molar-refractivity contribution in [3.8, 4) is 0 Å². The summed E-state index contributed by atoms with van der Waals surface area (Å²) in [6, 6.07) is 6.55. The van der Waals surface area contributed by atoms with Crippen molar-refractivity contribution in [3.63, 3.8) is 0 Å². The molecule has 0 spiro atoms. The van der Waals surface area contributed by atoms with Crippen molar-refractivity contribution < 1.29 is 17.2 Å². The lowest BCUT2D eigenvalue weighted by molar-refractivity contribution is 0.0702. The van der Waals surface area contributed by atoms with Gasteiger partial charge in [-0.3, -0.25) is 4.57 Å². The van der Waals surface area contributed by atoms with Gasteiger partial charge >= 0.3 is 6.55 Å². The maximum absolute atomic E-state index is 13.4. The van der Waals surface area contributed by atoms with Gasteiger partial charge in [0.2, 0.25) is 0 Å². The molecule has 2 aromatic rings. The first-order valence-electron chi connectivity index (χ1n) is 7.86. The van der Waals surface area contributed by atoms with Gasteiger partial charge in [0.25, 0.3) is 10.2 Å². The quantitative estimate of drug-likeness (QED) is 0.825. The SMILES string of the molecule is CN(Cc1nc2ccccc2n1C(F)F)S(=O)(=O)N1CCCCC1. The zero-order chi connectivity index (χ0) is 17.3. The number of alkyl halides is 2. The van der Waals surface area contributed by atoms with Crippen LogP contribution < -0.4 is 0 Å². The Bertz CT molecular complexity index is 816. The fraction of sp³-hybridized carbons (Fsp3) is 0.533. The number of fused-ring (bicyclic) bond motifs is 1. The molecule has 0 atom stereocenters. The summed E-state index contributed by atoms with van der Waals surface area (Å²) in [5.74, 6) is 0.0364. The molecular weight excluding hydrogens is 338 g/mol. The fourth-order valence-corrected chi connectivity index (χ4v) is 4.39. The largest absolute Gasteiger partial charge is 0.320 e. The number of halogens is 2. The molecule has 0 amide bonds. The van der Waals surface area contributed by atoms with Gasteiger partial charge in [0.15, 0.2) is 0 Å². The number of para-hydroxylation sites is 2. The normalized spacial score (nSPS) is 17.2. The highest BCUT2D eigenvalue weighted by molar-refractivity contribution is 7.86. The predicted molar refractivity (Wildman–Crippen MR) is 86.8 cm³/mol. The highest BCUT2D eigenvalue weighted by atomic mass is 32.2. The summed E-state index contributed by atoms with van der Waals surface area (Å²) in [6.45, 7) is -2.04. The summed E-state index contributed by atoms with van der Waals surface area (Å²) in [5, 5.41) is 0. The lowest BCUT2D eigenvalue weighted by Crippen LogP contribution is -2.44. The molecular formula is C15H20F2N4O2S. The van der Waals surface area contributed by atoms with Gasteiger partial charge in [-0.1, -0.05) is 18.6 Å². The number of rotatable bonds is 5. The van der Waals surface area contributed by atoms with Gasteiger partial charge in [-0.2, -0.15) is 25.8 Å². The van der Waals surface area contributed by atoms with E-state index in [1.165, 1.54) is 11.4 Å². The Morgan fingerprint density at radius 2 is 1.88 bits per heavy atom. The molecule has 1 fully saturated rings. The Balaban J connectivity index is 1.90. The first-order valence-corrected chi connectivity index (χ1v) is 9.26. The van der Waals surface area contributed by atoms with E-state index < -0.39 is 16.8 Å². The van der Waals surface area contributed by atoms with Gasteiger partial charge in [0, 0.05) is 20.1 Å². The summed E-state index contributed by atoms with van der Waals surface area (Å²) in [5.41, 5.74) is 0.725. The van der Waals surface area contributed by atoms with Crippen molar-refractivity contribution in [2.75, 3.05) is 20.1 Å². The minimum absolute atomic E-state index is 0.0364. The summed E-state index contributed by atoms with van der Waals surface area (Å²) < 4.78 is 55.4. The van der Waals surface area contributed by atoms with Gasteiger partial charge in [0.05, 0.1) is 17.6 Å². The van der Waals surface area contributed by atoms with E-state index in [9.17, 15) is 17.2 Å². The van der Waals surface area contributed by atoms with Gasteiger partial charge in [-0.05, 0) is 25.0 Å². The summed E-state index contributed by atoms with van der Waals surface area (Å²) in [7, 11) is -2.27. The fourth-order valence-electron chi connectivity index (χ4n) is 3.00. The minimum atomic E-state index is -3.67. The second-order valence-corrected chi connectivity index (χ2v) is 7.92. The highest BCUT2D eigenvalue weighted by Gasteiger charge is 2.30. The van der Waals surface area contributed by atoms with Crippen LogP contribution in [0.15, 0.2) is 24.3 Å². The van der Waals surface area contributed by atoms with Crippen LogP contribution in [-0.4, -0.2) is 46.7 Å². The topological polar surface area (TPSA) is 58.4 Å². The summed E-state index contributed by atoms with van der Waals surface area (Å²) >= 11 is 0. The molecule has 1 aliphatic heterocycles. The van der Waals surface area contributed by atoms with Crippen LogP contribution in [0.1, 0.15) is 31.6 Å². The third-order valence-corrected chi connectivity index (χ3v) is 6.20. The van der Waals surface area contributed by atoms with Crippen LogP contribution in [-0.2, 0) is 16.8 Å². The van der Waals surface area contributed by atoms with Crippen LogP contribution in [0.25, 0.3) is 11.0 Å². The Kier molecular flexibility index (Phi) is 4.84. The number of imidazole rings is 1. The molecule has 1 aromatic heterocycles. The first-order chi connectivity index (χ1) is 11.4. The Morgan fingerprint density at radius 3 is 2.54 bits per heavy atom. The van der Waals surface area contributed by atoms with E-state index in [1.54, 1.807) is 24.3 Å². The molecule has 3 rings (SSSR count). The monoisotopic (exact) mass is 358 g/mol. The lowest BCUT2D eigenvalue weighted by atomic mass is 10.2. The third-order valence-electron chi connectivity index (χ3n) is 4.26. The molecule has 132 valence electrons. The number of piperidine rings is 1. The standard InChI is InChI=1S/C15H20F2N4O2S/c1-19(24(22,23)20-9-5-2-6-10-20)11-14-18-12-7-3-4-8-13(12)21(14)15(16)17/h3-4,7-8,15H,2,5-6,9-11H2,1H3. The number of hydrogen-bond donors (Lipinski definition) is 0. The molecule has 24 heavy (non-hydrogen) atoms. The Morgan fingerprint density at radius 1 is 1.21 bits per heavy atom. The van der Waals surface area contributed by atoms with E-state index in [-0.39, 0.29) is 12.4 Å².